The van der Waals surface area contributed by atoms with Crippen LogP contribution in [-0.2, 0) is 0 Å². The van der Waals surface area contributed by atoms with Gasteiger partial charge in [-0.25, -0.2) is 0 Å². The summed E-state index contributed by atoms with van der Waals surface area (Å²) in [6, 6.07) is 11.2. The first-order chi connectivity index (χ1) is 10.8. The lowest BCUT2D eigenvalue weighted by Crippen LogP contribution is -2.42. The minimum absolute atomic E-state index is 0.100. The Kier molecular flexibility index (Phi) is 3.85. The van der Waals surface area contributed by atoms with Crippen molar-refractivity contribution in [2.45, 2.75) is 46.6 Å². The first-order valence-electron chi connectivity index (χ1n) is 7.41. The molecular formula is C15H16N4OS2. The summed E-state index contributed by atoms with van der Waals surface area (Å²) < 4.78 is 0.794. The number of rotatable bonds is 4. The highest BCUT2D eigenvalue weighted by molar-refractivity contribution is 8.01. The van der Waals surface area contributed by atoms with Gasteiger partial charge in [0.05, 0.1) is 0 Å². The third-order valence-corrected chi connectivity index (χ3v) is 6.15. The number of amides is 1. The molecule has 2 aliphatic rings. The third kappa shape index (κ3) is 2.88. The molecule has 1 amide bonds. The van der Waals surface area contributed by atoms with Gasteiger partial charge in [0.15, 0.2) is 4.34 Å². The predicted octanol–water partition coefficient (Wildman–Crippen LogP) is 2.31. The molecule has 3 unspecified atom stereocenters. The van der Waals surface area contributed by atoms with E-state index >= 15 is 0 Å². The van der Waals surface area contributed by atoms with Gasteiger partial charge in [-0.3, -0.25) is 4.79 Å². The van der Waals surface area contributed by atoms with Crippen LogP contribution in [0.3, 0.4) is 0 Å². The molecule has 2 aromatic rings. The average molecular weight is 332 g/mol. The summed E-state index contributed by atoms with van der Waals surface area (Å²) in [5.41, 5.74) is 0. The Morgan fingerprint density at radius 1 is 1.27 bits per heavy atom. The van der Waals surface area contributed by atoms with Crippen molar-refractivity contribution < 1.29 is 4.79 Å². The van der Waals surface area contributed by atoms with Crippen LogP contribution in [0.5, 0.6) is 0 Å². The van der Waals surface area contributed by atoms with Gasteiger partial charge in [-0.05, 0) is 31.4 Å². The van der Waals surface area contributed by atoms with Crippen LogP contribution in [0, 0.1) is 0 Å². The summed E-state index contributed by atoms with van der Waals surface area (Å²) in [7, 11) is 0. The molecule has 4 rings (SSSR count). The molecule has 1 aromatic carbocycles. The van der Waals surface area contributed by atoms with Crippen LogP contribution in [0.1, 0.15) is 29.1 Å². The van der Waals surface area contributed by atoms with Crippen LogP contribution in [0.4, 0.5) is 0 Å². The highest BCUT2D eigenvalue weighted by Gasteiger charge is 2.40. The maximum atomic E-state index is 12.3. The van der Waals surface area contributed by atoms with Crippen molar-refractivity contribution >= 4 is 29.0 Å². The van der Waals surface area contributed by atoms with E-state index in [0.717, 1.165) is 22.1 Å². The van der Waals surface area contributed by atoms with Gasteiger partial charge in [-0.1, -0.05) is 41.3 Å². The van der Waals surface area contributed by atoms with E-state index in [1.807, 2.05) is 30.3 Å². The largest absolute Gasteiger partial charge is 0.346 e. The summed E-state index contributed by atoms with van der Waals surface area (Å²) in [6.45, 7) is 0. The van der Waals surface area contributed by atoms with Gasteiger partial charge in [0.25, 0.3) is 5.91 Å². The second-order valence-electron chi connectivity index (χ2n) is 5.65. The molecule has 1 aromatic heterocycles. The van der Waals surface area contributed by atoms with Gasteiger partial charge in [0.2, 0.25) is 5.01 Å². The molecule has 0 aliphatic carbocycles. The molecule has 0 radical (unpaired) electrons. The van der Waals surface area contributed by atoms with Gasteiger partial charge < -0.3 is 10.6 Å². The first kappa shape index (κ1) is 14.2. The lowest BCUT2D eigenvalue weighted by atomic mass is 9.95. The zero-order valence-electron chi connectivity index (χ0n) is 11.9. The molecule has 22 heavy (non-hydrogen) atoms. The highest BCUT2D eigenvalue weighted by atomic mass is 32.2. The summed E-state index contributed by atoms with van der Waals surface area (Å²) in [4.78, 5) is 13.4. The third-order valence-electron chi connectivity index (χ3n) is 4.17. The number of nitrogens with zero attached hydrogens (tertiary/aromatic N) is 2. The normalized spacial score (nSPS) is 26.3. The van der Waals surface area contributed by atoms with Crippen molar-refractivity contribution in [1.82, 2.24) is 20.8 Å². The van der Waals surface area contributed by atoms with Crippen LogP contribution in [-0.4, -0.2) is 34.2 Å². The van der Waals surface area contributed by atoms with E-state index < -0.39 is 0 Å². The van der Waals surface area contributed by atoms with Crippen molar-refractivity contribution in [3.05, 3.63) is 35.3 Å². The van der Waals surface area contributed by atoms with E-state index in [-0.39, 0.29) is 11.9 Å². The van der Waals surface area contributed by atoms with E-state index in [0.29, 0.717) is 17.1 Å². The quantitative estimate of drug-likeness (QED) is 0.899. The van der Waals surface area contributed by atoms with Crippen LogP contribution < -0.4 is 10.6 Å². The van der Waals surface area contributed by atoms with Crippen LogP contribution >= 0.6 is 23.1 Å². The first-order valence-corrected chi connectivity index (χ1v) is 9.04. The van der Waals surface area contributed by atoms with Gasteiger partial charge in [0.1, 0.15) is 0 Å². The summed E-state index contributed by atoms with van der Waals surface area (Å²) in [6.07, 6.45) is 3.41. The molecule has 2 fully saturated rings. The maximum Gasteiger partial charge on any atom is 0.282 e. The molecule has 2 bridgehead atoms. The standard InChI is InChI=1S/C15H16N4OS2/c20-13(17-12-8-9-6-7-11(12)16-9)14-18-19-15(22-14)21-10-4-2-1-3-5-10/h1-5,9,11-12,16H,6-8H2,(H,17,20). The smallest absolute Gasteiger partial charge is 0.282 e. The zero-order chi connectivity index (χ0) is 14.9. The van der Waals surface area contributed by atoms with E-state index in [9.17, 15) is 4.79 Å². The molecule has 7 heteroatoms. The molecule has 3 heterocycles. The number of nitrogens with one attached hydrogen (secondary N) is 2. The monoisotopic (exact) mass is 332 g/mol. The van der Waals surface area contributed by atoms with Gasteiger partial charge in [-0.15, -0.1) is 10.2 Å². The Hall–Kier alpha value is -1.44. The highest BCUT2D eigenvalue weighted by Crippen LogP contribution is 2.31. The Morgan fingerprint density at radius 2 is 2.14 bits per heavy atom. The molecule has 3 atom stereocenters. The zero-order valence-corrected chi connectivity index (χ0v) is 13.5. The minimum atomic E-state index is -0.100. The van der Waals surface area contributed by atoms with Gasteiger partial charge in [-0.2, -0.15) is 0 Å². The van der Waals surface area contributed by atoms with Crippen LogP contribution in [0.25, 0.3) is 0 Å². The topological polar surface area (TPSA) is 66.9 Å². The summed E-state index contributed by atoms with van der Waals surface area (Å²) in [5.74, 6) is -0.100. The fourth-order valence-corrected chi connectivity index (χ4v) is 4.89. The Bertz CT molecular complexity index is 675. The number of aromatic nitrogens is 2. The van der Waals surface area contributed by atoms with E-state index in [1.165, 1.54) is 29.5 Å². The lowest BCUT2D eigenvalue weighted by Gasteiger charge is -2.20. The number of benzene rings is 1. The van der Waals surface area contributed by atoms with Gasteiger partial charge in [0, 0.05) is 23.0 Å². The molecule has 2 saturated heterocycles. The molecule has 5 nitrogen and oxygen atoms in total. The van der Waals surface area contributed by atoms with Crippen molar-refractivity contribution in [3.63, 3.8) is 0 Å². The molecule has 114 valence electrons. The van der Waals surface area contributed by atoms with Crippen molar-refractivity contribution in [2.24, 2.45) is 0 Å². The maximum absolute atomic E-state index is 12.3. The van der Waals surface area contributed by atoms with Gasteiger partial charge >= 0.3 is 0 Å². The van der Waals surface area contributed by atoms with Crippen molar-refractivity contribution in [2.75, 3.05) is 0 Å². The number of carbonyl (C=O) groups excluding carboxylic acids is 1. The fourth-order valence-electron chi connectivity index (χ4n) is 3.15. The Labute approximate surface area is 136 Å². The Morgan fingerprint density at radius 3 is 2.86 bits per heavy atom. The molecule has 2 N–H and O–H groups in total. The number of hydrogen-bond acceptors (Lipinski definition) is 6. The SMILES string of the molecule is O=C(NC1CC2CCC1N2)c1nnc(Sc2ccccc2)s1. The number of fused-ring (bicyclic) bond motifs is 2. The fraction of sp³-hybridized carbons (Fsp3) is 0.400. The lowest BCUT2D eigenvalue weighted by molar-refractivity contribution is 0.0930. The molecule has 0 saturated carbocycles. The Balaban J connectivity index is 1.39. The van der Waals surface area contributed by atoms with Crippen LogP contribution in [0.2, 0.25) is 0 Å². The van der Waals surface area contributed by atoms with Crippen molar-refractivity contribution in [1.29, 1.82) is 0 Å². The van der Waals surface area contributed by atoms with E-state index in [2.05, 4.69) is 20.8 Å². The van der Waals surface area contributed by atoms with Crippen molar-refractivity contribution in [3.8, 4) is 0 Å². The van der Waals surface area contributed by atoms with Crippen LogP contribution in [0.15, 0.2) is 39.6 Å². The van der Waals surface area contributed by atoms with E-state index in [4.69, 9.17) is 0 Å². The number of carbonyl (C=O) groups is 1. The van der Waals surface area contributed by atoms with E-state index in [1.54, 1.807) is 0 Å². The minimum Gasteiger partial charge on any atom is -0.346 e. The predicted molar refractivity (Wildman–Crippen MR) is 86.3 cm³/mol. The average Bonchev–Trinajstić information content (AvgIpc) is 3.24. The second kappa shape index (κ2) is 5.98. The molecule has 2 aliphatic heterocycles. The second-order valence-corrected chi connectivity index (χ2v) is 7.95. The molecule has 0 spiro atoms. The number of hydrogen-bond donors (Lipinski definition) is 2. The summed E-state index contributed by atoms with van der Waals surface area (Å²) in [5, 5.41) is 15.2. The molecular weight excluding hydrogens is 316 g/mol. The summed E-state index contributed by atoms with van der Waals surface area (Å²) >= 11 is 2.88.